The van der Waals surface area contributed by atoms with Crippen molar-refractivity contribution in [2.75, 3.05) is 7.11 Å². The third-order valence-electron chi connectivity index (χ3n) is 2.88. The molecule has 1 unspecified atom stereocenters. The Morgan fingerprint density at radius 2 is 2.30 bits per heavy atom. The van der Waals surface area contributed by atoms with Crippen LogP contribution < -0.4 is 4.74 Å². The molecular formula is C14H12ClN3O2. The molecule has 102 valence electrons. The van der Waals surface area contributed by atoms with Crippen molar-refractivity contribution in [1.82, 2.24) is 9.78 Å². The molecule has 0 bridgehead atoms. The van der Waals surface area contributed by atoms with Crippen LogP contribution in [0.15, 0.2) is 30.6 Å². The van der Waals surface area contributed by atoms with Crippen molar-refractivity contribution in [2.24, 2.45) is 7.05 Å². The van der Waals surface area contributed by atoms with Gasteiger partial charge in [0.1, 0.15) is 11.7 Å². The molecule has 0 saturated carbocycles. The second-order valence-corrected chi connectivity index (χ2v) is 4.65. The first-order valence-corrected chi connectivity index (χ1v) is 6.20. The molecule has 0 aliphatic heterocycles. The maximum absolute atomic E-state index is 12.4. The lowest BCUT2D eigenvalue weighted by molar-refractivity contribution is 0.0977. The van der Waals surface area contributed by atoms with Crippen LogP contribution >= 0.6 is 11.6 Å². The molecule has 1 atom stereocenters. The number of hydrogen-bond acceptors (Lipinski definition) is 4. The molecule has 0 radical (unpaired) electrons. The minimum absolute atomic E-state index is 0.332. The van der Waals surface area contributed by atoms with Gasteiger partial charge in [-0.2, -0.15) is 10.4 Å². The van der Waals surface area contributed by atoms with Gasteiger partial charge in [0.05, 0.1) is 24.9 Å². The van der Waals surface area contributed by atoms with E-state index in [9.17, 15) is 10.1 Å². The predicted octanol–water partition coefficient (Wildman–Crippen LogP) is 2.57. The molecule has 0 amide bonds. The molecule has 0 aliphatic carbocycles. The molecule has 1 aromatic carbocycles. The summed E-state index contributed by atoms with van der Waals surface area (Å²) in [4.78, 5) is 12.4. The molecule has 6 heteroatoms. The summed E-state index contributed by atoms with van der Waals surface area (Å²) in [5.74, 6) is -0.854. The van der Waals surface area contributed by atoms with Crippen molar-refractivity contribution in [3.05, 3.63) is 46.7 Å². The van der Waals surface area contributed by atoms with Gasteiger partial charge in [0.15, 0.2) is 5.78 Å². The fraction of sp³-hybridized carbons (Fsp3) is 0.214. The lowest BCUT2D eigenvalue weighted by Gasteiger charge is -2.12. The Bertz CT molecular complexity index is 688. The quantitative estimate of drug-likeness (QED) is 0.811. The highest BCUT2D eigenvalue weighted by Crippen LogP contribution is 2.31. The van der Waals surface area contributed by atoms with Crippen LogP contribution in [0.25, 0.3) is 0 Å². The standard InChI is InChI=1S/C14H12ClN3O2/c1-18-8-9(7-17-18)14(19)12(6-16)11-5-10(15)3-4-13(11)20-2/h3-5,7-8,12H,1-2H3. The van der Waals surface area contributed by atoms with Crippen LogP contribution in [0.4, 0.5) is 0 Å². The van der Waals surface area contributed by atoms with E-state index in [1.807, 2.05) is 6.07 Å². The van der Waals surface area contributed by atoms with Gasteiger partial charge >= 0.3 is 0 Å². The van der Waals surface area contributed by atoms with E-state index in [1.54, 1.807) is 31.4 Å². The fourth-order valence-corrected chi connectivity index (χ4v) is 2.10. The Hall–Kier alpha value is -2.32. The Morgan fingerprint density at radius 3 is 2.85 bits per heavy atom. The lowest BCUT2D eigenvalue weighted by Crippen LogP contribution is -2.12. The fourth-order valence-electron chi connectivity index (χ4n) is 1.92. The highest BCUT2D eigenvalue weighted by molar-refractivity contribution is 6.30. The lowest BCUT2D eigenvalue weighted by atomic mass is 9.92. The minimum Gasteiger partial charge on any atom is -0.496 e. The second-order valence-electron chi connectivity index (χ2n) is 4.22. The molecule has 0 aliphatic rings. The first kappa shape index (κ1) is 14.1. The third kappa shape index (κ3) is 2.65. The van der Waals surface area contributed by atoms with Gasteiger partial charge < -0.3 is 4.74 Å². The largest absolute Gasteiger partial charge is 0.496 e. The molecule has 1 aromatic heterocycles. The van der Waals surface area contributed by atoms with Crippen LogP contribution in [0.2, 0.25) is 5.02 Å². The number of nitriles is 1. The van der Waals surface area contributed by atoms with Crippen LogP contribution in [0.3, 0.4) is 0 Å². The number of aryl methyl sites for hydroxylation is 1. The molecule has 5 nitrogen and oxygen atoms in total. The number of carbonyl (C=O) groups is 1. The molecule has 1 heterocycles. The maximum Gasteiger partial charge on any atom is 0.187 e. The summed E-state index contributed by atoms with van der Waals surface area (Å²) in [7, 11) is 3.19. The van der Waals surface area contributed by atoms with Crippen LogP contribution in [0, 0.1) is 11.3 Å². The zero-order valence-corrected chi connectivity index (χ0v) is 11.8. The summed E-state index contributed by atoms with van der Waals surface area (Å²) in [5, 5.41) is 13.7. The van der Waals surface area contributed by atoms with E-state index in [0.717, 1.165) is 0 Å². The van der Waals surface area contributed by atoms with Gasteiger partial charge in [-0.1, -0.05) is 11.6 Å². The molecule has 0 saturated heterocycles. The van der Waals surface area contributed by atoms with Gasteiger partial charge in [0.25, 0.3) is 0 Å². The van der Waals surface area contributed by atoms with Crippen LogP contribution in [-0.2, 0) is 7.05 Å². The van der Waals surface area contributed by atoms with Gasteiger partial charge in [0.2, 0.25) is 0 Å². The van der Waals surface area contributed by atoms with Crippen molar-refractivity contribution in [1.29, 1.82) is 5.26 Å². The van der Waals surface area contributed by atoms with Gasteiger partial charge in [-0.15, -0.1) is 0 Å². The number of nitrogens with zero attached hydrogens (tertiary/aromatic N) is 3. The molecule has 0 spiro atoms. The predicted molar refractivity (Wildman–Crippen MR) is 73.9 cm³/mol. The van der Waals surface area contributed by atoms with Crippen LogP contribution in [0.5, 0.6) is 5.75 Å². The van der Waals surface area contributed by atoms with Gasteiger partial charge in [0, 0.05) is 23.8 Å². The average Bonchev–Trinajstić information content (AvgIpc) is 2.86. The number of hydrogen-bond donors (Lipinski definition) is 0. The second kappa shape index (κ2) is 5.76. The molecular weight excluding hydrogens is 278 g/mol. The minimum atomic E-state index is -0.979. The van der Waals surface area contributed by atoms with Crippen molar-refractivity contribution < 1.29 is 9.53 Å². The zero-order chi connectivity index (χ0) is 14.7. The molecule has 0 fully saturated rings. The van der Waals surface area contributed by atoms with Crippen molar-refractivity contribution >= 4 is 17.4 Å². The highest BCUT2D eigenvalue weighted by Gasteiger charge is 2.26. The van der Waals surface area contributed by atoms with Gasteiger partial charge in [-0.25, -0.2) is 0 Å². The molecule has 2 aromatic rings. The summed E-state index contributed by atoms with van der Waals surface area (Å²) in [6.07, 6.45) is 3.01. The Labute approximate surface area is 121 Å². The normalized spacial score (nSPS) is 11.7. The van der Waals surface area contributed by atoms with E-state index in [0.29, 0.717) is 21.9 Å². The highest BCUT2D eigenvalue weighted by atomic mass is 35.5. The number of Topliss-reactive ketones (excluding diaryl/α,β-unsaturated/α-hetero) is 1. The van der Waals surface area contributed by atoms with E-state index < -0.39 is 5.92 Å². The number of halogens is 1. The number of ketones is 1. The molecule has 2 rings (SSSR count). The van der Waals surface area contributed by atoms with E-state index in [-0.39, 0.29) is 5.78 Å². The van der Waals surface area contributed by atoms with Crippen molar-refractivity contribution in [3.63, 3.8) is 0 Å². The number of benzene rings is 1. The number of methoxy groups -OCH3 is 1. The van der Waals surface area contributed by atoms with E-state index in [1.165, 1.54) is 18.0 Å². The number of aromatic nitrogens is 2. The maximum atomic E-state index is 12.4. The average molecular weight is 290 g/mol. The first-order chi connectivity index (χ1) is 9.56. The Morgan fingerprint density at radius 1 is 1.55 bits per heavy atom. The summed E-state index contributed by atoms with van der Waals surface area (Å²) < 4.78 is 6.70. The Kier molecular flexibility index (Phi) is 4.06. The van der Waals surface area contributed by atoms with Crippen LogP contribution in [0.1, 0.15) is 21.8 Å². The zero-order valence-electron chi connectivity index (χ0n) is 11.0. The SMILES string of the molecule is COc1ccc(Cl)cc1C(C#N)C(=O)c1cnn(C)c1. The van der Waals surface area contributed by atoms with Gasteiger partial charge in [-0.05, 0) is 18.2 Å². The van der Waals surface area contributed by atoms with E-state index in [4.69, 9.17) is 16.3 Å². The summed E-state index contributed by atoms with van der Waals surface area (Å²) in [6, 6.07) is 6.86. The summed E-state index contributed by atoms with van der Waals surface area (Å²) in [6.45, 7) is 0. The van der Waals surface area contributed by atoms with Gasteiger partial charge in [-0.3, -0.25) is 9.48 Å². The monoisotopic (exact) mass is 289 g/mol. The van der Waals surface area contributed by atoms with Crippen LogP contribution in [-0.4, -0.2) is 22.7 Å². The molecule has 0 N–H and O–H groups in total. The Balaban J connectivity index is 2.45. The topological polar surface area (TPSA) is 67.9 Å². The smallest absolute Gasteiger partial charge is 0.187 e. The number of carbonyl (C=O) groups excluding carboxylic acids is 1. The molecule has 20 heavy (non-hydrogen) atoms. The van der Waals surface area contributed by atoms with Crippen molar-refractivity contribution in [2.45, 2.75) is 5.92 Å². The van der Waals surface area contributed by atoms with Crippen molar-refractivity contribution in [3.8, 4) is 11.8 Å². The number of rotatable bonds is 4. The first-order valence-electron chi connectivity index (χ1n) is 5.82. The van der Waals surface area contributed by atoms with E-state index >= 15 is 0 Å². The van der Waals surface area contributed by atoms with E-state index in [2.05, 4.69) is 5.10 Å². The number of ether oxygens (including phenoxy) is 1. The summed E-state index contributed by atoms with van der Waals surface area (Å²) in [5.41, 5.74) is 0.831. The third-order valence-corrected chi connectivity index (χ3v) is 3.12. The summed E-state index contributed by atoms with van der Waals surface area (Å²) >= 11 is 5.94.